The van der Waals surface area contributed by atoms with E-state index in [0.717, 1.165) is 32.2 Å². The number of aromatic amines is 1. The molecule has 0 atom stereocenters. The molecular formula is C21H21N5O3S. The number of fused-ring (bicyclic) bond motifs is 1. The number of imidazole rings is 1. The second-order valence-corrected chi connectivity index (χ2v) is 8.62. The minimum atomic E-state index is -0.461. The predicted molar refractivity (Wildman–Crippen MR) is 117 cm³/mol. The molecule has 1 aromatic carbocycles. The van der Waals surface area contributed by atoms with E-state index in [2.05, 4.69) is 9.97 Å². The molecule has 30 heavy (non-hydrogen) atoms. The SMILES string of the molecule is Cc1sc2nc(-c3c(C)c(C)c(C)c([N+](=O)[O-])c3C)c(-c3ccnc(=O)[nH]3)n2c1C. The summed E-state index contributed by atoms with van der Waals surface area (Å²) in [5.74, 6) is 0. The third-order valence-corrected chi connectivity index (χ3v) is 6.93. The van der Waals surface area contributed by atoms with Gasteiger partial charge in [0.05, 0.1) is 16.3 Å². The molecule has 0 aliphatic heterocycles. The van der Waals surface area contributed by atoms with E-state index in [9.17, 15) is 14.9 Å². The number of hydrogen-bond donors (Lipinski definition) is 1. The Balaban J connectivity index is 2.20. The van der Waals surface area contributed by atoms with E-state index in [1.807, 2.05) is 32.1 Å². The molecule has 8 nitrogen and oxygen atoms in total. The number of nitro benzene ring substituents is 1. The van der Waals surface area contributed by atoms with Crippen LogP contribution in [0.3, 0.4) is 0 Å². The minimum absolute atomic E-state index is 0.103. The zero-order valence-corrected chi connectivity index (χ0v) is 18.4. The Bertz CT molecular complexity index is 1410. The Hall–Kier alpha value is -3.33. The van der Waals surface area contributed by atoms with Gasteiger partial charge >= 0.3 is 5.69 Å². The fourth-order valence-corrected chi connectivity index (χ4v) is 5.00. The van der Waals surface area contributed by atoms with Crippen molar-refractivity contribution < 1.29 is 4.92 Å². The Morgan fingerprint density at radius 3 is 2.40 bits per heavy atom. The molecule has 0 bridgehead atoms. The van der Waals surface area contributed by atoms with Crippen LogP contribution in [0.5, 0.6) is 0 Å². The lowest BCUT2D eigenvalue weighted by Crippen LogP contribution is -2.10. The number of rotatable bonds is 3. The maximum absolute atomic E-state index is 12.0. The number of nitrogens with one attached hydrogen (secondary N) is 1. The van der Waals surface area contributed by atoms with Crippen LogP contribution in [0.1, 0.15) is 32.8 Å². The fourth-order valence-electron chi connectivity index (χ4n) is 4.03. The van der Waals surface area contributed by atoms with Crippen molar-refractivity contribution in [3.8, 4) is 22.6 Å². The van der Waals surface area contributed by atoms with Crippen molar-refractivity contribution in [1.82, 2.24) is 19.4 Å². The van der Waals surface area contributed by atoms with Gasteiger partial charge in [-0.05, 0) is 58.7 Å². The average molecular weight is 423 g/mol. The maximum Gasteiger partial charge on any atom is 0.345 e. The van der Waals surface area contributed by atoms with Crippen LogP contribution in [0.15, 0.2) is 17.1 Å². The summed E-state index contributed by atoms with van der Waals surface area (Å²) in [6.07, 6.45) is 1.45. The molecule has 1 N–H and O–H groups in total. The third-order valence-electron chi connectivity index (χ3n) is 5.87. The molecule has 0 aliphatic rings. The van der Waals surface area contributed by atoms with Crippen LogP contribution in [0.4, 0.5) is 5.69 Å². The van der Waals surface area contributed by atoms with Crippen LogP contribution in [0.25, 0.3) is 27.6 Å². The van der Waals surface area contributed by atoms with E-state index in [0.29, 0.717) is 28.2 Å². The number of nitrogens with zero attached hydrogens (tertiary/aromatic N) is 4. The molecule has 9 heteroatoms. The summed E-state index contributed by atoms with van der Waals surface area (Å²) in [7, 11) is 0. The van der Waals surface area contributed by atoms with Gasteiger partial charge in [-0.15, -0.1) is 11.3 Å². The van der Waals surface area contributed by atoms with Crippen molar-refractivity contribution in [2.24, 2.45) is 0 Å². The van der Waals surface area contributed by atoms with Gasteiger partial charge in [0.2, 0.25) is 0 Å². The number of aryl methyl sites for hydroxylation is 2. The molecule has 3 heterocycles. The molecule has 4 aromatic rings. The number of benzene rings is 1. The molecule has 0 unspecified atom stereocenters. The fraction of sp³-hybridized carbons (Fsp3) is 0.286. The molecule has 0 saturated carbocycles. The Morgan fingerprint density at radius 1 is 1.07 bits per heavy atom. The largest absolute Gasteiger partial charge is 0.345 e. The average Bonchev–Trinajstić information content (AvgIpc) is 3.16. The lowest BCUT2D eigenvalue weighted by molar-refractivity contribution is -0.386. The smallest absolute Gasteiger partial charge is 0.304 e. The molecule has 3 aromatic heterocycles. The van der Waals surface area contributed by atoms with E-state index in [1.165, 1.54) is 6.20 Å². The second-order valence-electron chi connectivity index (χ2n) is 7.44. The normalized spacial score (nSPS) is 11.4. The van der Waals surface area contributed by atoms with Gasteiger partial charge in [0, 0.05) is 33.5 Å². The molecular weight excluding hydrogens is 402 g/mol. The van der Waals surface area contributed by atoms with Gasteiger partial charge in [-0.1, -0.05) is 0 Å². The van der Waals surface area contributed by atoms with E-state index in [4.69, 9.17) is 4.98 Å². The van der Waals surface area contributed by atoms with E-state index in [-0.39, 0.29) is 10.6 Å². The van der Waals surface area contributed by atoms with Crippen molar-refractivity contribution >= 4 is 22.0 Å². The molecule has 4 rings (SSSR count). The maximum atomic E-state index is 12.0. The lowest BCUT2D eigenvalue weighted by atomic mass is 9.89. The van der Waals surface area contributed by atoms with Crippen molar-refractivity contribution in [3.05, 3.63) is 65.7 Å². The molecule has 0 aliphatic carbocycles. The summed E-state index contributed by atoms with van der Waals surface area (Å²) in [6, 6.07) is 1.72. The molecule has 0 spiro atoms. The monoisotopic (exact) mass is 423 g/mol. The van der Waals surface area contributed by atoms with Gasteiger partial charge in [-0.3, -0.25) is 14.5 Å². The van der Waals surface area contributed by atoms with Gasteiger partial charge in [0.25, 0.3) is 5.69 Å². The summed E-state index contributed by atoms with van der Waals surface area (Å²) in [5, 5.41) is 11.8. The highest BCUT2D eigenvalue weighted by Crippen LogP contribution is 2.43. The zero-order chi connectivity index (χ0) is 21.9. The quantitative estimate of drug-likeness (QED) is 0.384. The molecule has 154 valence electrons. The molecule has 0 radical (unpaired) electrons. The number of aromatic nitrogens is 4. The molecule has 0 fully saturated rings. The van der Waals surface area contributed by atoms with Crippen molar-refractivity contribution in [1.29, 1.82) is 0 Å². The van der Waals surface area contributed by atoms with Gasteiger partial charge in [0.15, 0.2) is 4.96 Å². The molecule has 0 saturated heterocycles. The first-order valence-electron chi connectivity index (χ1n) is 9.42. The standard InChI is InChI=1S/C21H21N5O3S/c1-9-10(2)16(12(4)18(11(9)3)26(28)29)17-19(15-7-8-22-20(27)23-15)25-13(5)14(6)30-21(25)24-17/h7-8H,1-6H3,(H,22,23,27). The van der Waals surface area contributed by atoms with Gasteiger partial charge in [-0.25, -0.2) is 14.8 Å². The molecule has 0 amide bonds. The zero-order valence-electron chi connectivity index (χ0n) is 17.6. The predicted octanol–water partition coefficient (Wildman–Crippen LogP) is 4.57. The van der Waals surface area contributed by atoms with Crippen molar-refractivity contribution in [2.45, 2.75) is 41.5 Å². The Morgan fingerprint density at radius 2 is 1.77 bits per heavy atom. The van der Waals surface area contributed by atoms with E-state index < -0.39 is 5.69 Å². The first kappa shape index (κ1) is 20.0. The summed E-state index contributed by atoms with van der Waals surface area (Å²) in [6.45, 7) is 11.4. The minimum Gasteiger partial charge on any atom is -0.304 e. The van der Waals surface area contributed by atoms with E-state index in [1.54, 1.807) is 31.3 Å². The van der Waals surface area contributed by atoms with Crippen LogP contribution >= 0.6 is 11.3 Å². The van der Waals surface area contributed by atoms with Gasteiger partial charge in [-0.2, -0.15) is 0 Å². The highest BCUT2D eigenvalue weighted by Gasteiger charge is 2.28. The lowest BCUT2D eigenvalue weighted by Gasteiger charge is -2.16. The number of hydrogen-bond acceptors (Lipinski definition) is 6. The topological polar surface area (TPSA) is 106 Å². The van der Waals surface area contributed by atoms with Crippen LogP contribution in [-0.4, -0.2) is 24.3 Å². The van der Waals surface area contributed by atoms with Crippen molar-refractivity contribution in [2.75, 3.05) is 0 Å². The third kappa shape index (κ3) is 2.77. The summed E-state index contributed by atoms with van der Waals surface area (Å²) in [4.78, 5) is 36.7. The van der Waals surface area contributed by atoms with Crippen LogP contribution in [0, 0.1) is 51.7 Å². The summed E-state index contributed by atoms with van der Waals surface area (Å²) < 4.78 is 2.00. The highest BCUT2D eigenvalue weighted by atomic mass is 32.1. The number of thiazole rings is 1. The van der Waals surface area contributed by atoms with Crippen molar-refractivity contribution in [3.63, 3.8) is 0 Å². The second kappa shape index (κ2) is 6.88. The first-order valence-corrected chi connectivity index (χ1v) is 10.2. The number of nitro groups is 1. The van der Waals surface area contributed by atoms with Gasteiger partial charge < -0.3 is 4.98 Å². The first-order chi connectivity index (χ1) is 14.1. The van der Waals surface area contributed by atoms with E-state index >= 15 is 0 Å². The summed E-state index contributed by atoms with van der Waals surface area (Å²) >= 11 is 1.55. The van der Waals surface area contributed by atoms with Gasteiger partial charge in [0.1, 0.15) is 5.69 Å². The number of H-pyrrole nitrogens is 1. The summed E-state index contributed by atoms with van der Waals surface area (Å²) in [5.41, 5.74) is 6.29. The van der Waals surface area contributed by atoms with Crippen LogP contribution in [0.2, 0.25) is 0 Å². The Kier molecular flexibility index (Phi) is 4.58. The van der Waals surface area contributed by atoms with Crippen LogP contribution < -0.4 is 5.69 Å². The van der Waals surface area contributed by atoms with Crippen LogP contribution in [-0.2, 0) is 0 Å². The Labute approximate surface area is 176 Å². The highest BCUT2D eigenvalue weighted by molar-refractivity contribution is 7.17.